The number of phenolic OH excluding ortho intramolecular Hbond substituents is 1. The van der Waals surface area contributed by atoms with Gasteiger partial charge in [0.15, 0.2) is 17.5 Å². The van der Waals surface area contributed by atoms with E-state index >= 15 is 0 Å². The molecule has 0 radical (unpaired) electrons. The summed E-state index contributed by atoms with van der Waals surface area (Å²) in [6.07, 6.45) is 4.41. The number of rotatable bonds is 5. The number of methoxy groups -OCH3 is 1. The fourth-order valence-electron chi connectivity index (χ4n) is 3.70. The summed E-state index contributed by atoms with van der Waals surface area (Å²) in [5.74, 6) is 0.741. The van der Waals surface area contributed by atoms with Crippen LogP contribution < -0.4 is 15.4 Å². The highest BCUT2D eigenvalue weighted by atomic mass is 19.1. The number of phenols is 1. The first-order valence-electron chi connectivity index (χ1n) is 9.66. The molecule has 0 aliphatic heterocycles. The fraction of sp³-hybridized carbons (Fsp3) is 0.409. The Hall–Kier alpha value is -2.76. The Labute approximate surface area is 165 Å². The van der Waals surface area contributed by atoms with Gasteiger partial charge in [-0.1, -0.05) is 12.1 Å². The van der Waals surface area contributed by atoms with Crippen molar-refractivity contribution in [1.29, 1.82) is 0 Å². The van der Waals surface area contributed by atoms with Gasteiger partial charge in [-0.25, -0.2) is 4.39 Å². The highest BCUT2D eigenvalue weighted by Crippen LogP contribution is 2.30. The highest BCUT2D eigenvalue weighted by molar-refractivity contribution is 5.80. The lowest BCUT2D eigenvalue weighted by molar-refractivity contribution is 0.386. The number of hydrogen-bond donors (Lipinski definition) is 3. The zero-order valence-electron chi connectivity index (χ0n) is 16.7. The molecule has 0 aromatic heterocycles. The van der Waals surface area contributed by atoms with Crippen LogP contribution in [0.15, 0.2) is 35.3 Å². The summed E-state index contributed by atoms with van der Waals surface area (Å²) in [6.45, 7) is 2.42. The molecule has 0 heterocycles. The van der Waals surface area contributed by atoms with E-state index in [0.29, 0.717) is 18.3 Å². The van der Waals surface area contributed by atoms with Crippen LogP contribution >= 0.6 is 0 Å². The van der Waals surface area contributed by atoms with Gasteiger partial charge in [0.2, 0.25) is 0 Å². The number of halogens is 1. The van der Waals surface area contributed by atoms with Crippen LogP contribution in [-0.4, -0.2) is 25.2 Å². The molecule has 0 amide bonds. The first-order chi connectivity index (χ1) is 13.5. The predicted molar refractivity (Wildman–Crippen MR) is 109 cm³/mol. The van der Waals surface area contributed by atoms with Crippen molar-refractivity contribution in [3.63, 3.8) is 0 Å². The summed E-state index contributed by atoms with van der Waals surface area (Å²) < 4.78 is 18.9. The smallest absolute Gasteiger partial charge is 0.191 e. The highest BCUT2D eigenvalue weighted by Gasteiger charge is 2.17. The number of guanidine groups is 1. The van der Waals surface area contributed by atoms with Crippen molar-refractivity contribution in [2.45, 2.75) is 45.2 Å². The number of fused-ring (bicyclic) bond motifs is 1. The van der Waals surface area contributed by atoms with Crippen LogP contribution in [0.3, 0.4) is 0 Å². The maximum absolute atomic E-state index is 14.0. The number of nitrogens with zero attached hydrogens (tertiary/aromatic N) is 1. The van der Waals surface area contributed by atoms with Crippen molar-refractivity contribution < 1.29 is 14.2 Å². The average Bonchev–Trinajstić information content (AvgIpc) is 2.71. The van der Waals surface area contributed by atoms with Crippen molar-refractivity contribution in [1.82, 2.24) is 10.6 Å². The molecule has 2 aromatic carbocycles. The van der Waals surface area contributed by atoms with E-state index in [-0.39, 0.29) is 11.8 Å². The van der Waals surface area contributed by atoms with Crippen LogP contribution in [-0.2, 0) is 19.4 Å². The molecule has 0 bridgehead atoms. The summed E-state index contributed by atoms with van der Waals surface area (Å²) in [7, 11) is 3.14. The van der Waals surface area contributed by atoms with Crippen LogP contribution in [0.2, 0.25) is 0 Å². The molecule has 1 aliphatic carbocycles. The molecule has 0 fully saturated rings. The molecular weight excluding hydrogens is 357 g/mol. The van der Waals surface area contributed by atoms with Gasteiger partial charge in [0, 0.05) is 19.2 Å². The maximum Gasteiger partial charge on any atom is 0.191 e. The van der Waals surface area contributed by atoms with Gasteiger partial charge in [-0.15, -0.1) is 0 Å². The third-order valence-electron chi connectivity index (χ3n) is 5.31. The van der Waals surface area contributed by atoms with Crippen LogP contribution in [0.5, 0.6) is 11.5 Å². The van der Waals surface area contributed by atoms with Crippen molar-refractivity contribution in [3.8, 4) is 11.5 Å². The Morgan fingerprint density at radius 2 is 2.04 bits per heavy atom. The normalized spacial score (nSPS) is 14.9. The van der Waals surface area contributed by atoms with E-state index in [1.165, 1.54) is 30.7 Å². The fourth-order valence-corrected chi connectivity index (χ4v) is 3.70. The average molecular weight is 385 g/mol. The minimum Gasteiger partial charge on any atom is -0.508 e. The SMILES string of the molecule is CN=C(NCc1c(O)ccc2c1CCCC2)NC(C)c1ccc(OC)c(F)c1. The van der Waals surface area contributed by atoms with Gasteiger partial charge in [-0.05, 0) is 67.5 Å². The molecule has 5 nitrogen and oxygen atoms in total. The van der Waals surface area contributed by atoms with E-state index in [0.717, 1.165) is 30.4 Å². The van der Waals surface area contributed by atoms with Crippen LogP contribution in [0.25, 0.3) is 0 Å². The Morgan fingerprint density at radius 1 is 1.25 bits per heavy atom. The van der Waals surface area contributed by atoms with E-state index in [2.05, 4.69) is 15.6 Å². The van der Waals surface area contributed by atoms with E-state index in [9.17, 15) is 9.50 Å². The molecular formula is C22H28FN3O2. The lowest BCUT2D eigenvalue weighted by Gasteiger charge is -2.22. The summed E-state index contributed by atoms with van der Waals surface area (Å²) in [4.78, 5) is 4.26. The molecule has 0 saturated carbocycles. The second kappa shape index (κ2) is 8.95. The Morgan fingerprint density at radius 3 is 2.75 bits per heavy atom. The molecule has 0 spiro atoms. The van der Waals surface area contributed by atoms with Crippen molar-refractivity contribution in [2.75, 3.05) is 14.2 Å². The number of aromatic hydroxyl groups is 1. The first kappa shape index (κ1) is 20.0. The number of aliphatic imine (C=N–C) groups is 1. The minimum absolute atomic E-state index is 0.148. The Kier molecular flexibility index (Phi) is 6.39. The van der Waals surface area contributed by atoms with E-state index in [1.54, 1.807) is 19.2 Å². The maximum atomic E-state index is 14.0. The van der Waals surface area contributed by atoms with E-state index in [1.807, 2.05) is 19.1 Å². The third kappa shape index (κ3) is 4.38. The standard InChI is InChI=1S/C22H28FN3O2/c1-14(16-9-11-21(28-3)19(23)12-16)26-22(24-2)25-13-18-17-7-5-4-6-15(17)8-10-20(18)27/h8-12,14,27H,4-7,13H2,1-3H3,(H2,24,25,26). The Balaban J connectivity index is 1.68. The molecule has 0 saturated heterocycles. The summed E-state index contributed by atoms with van der Waals surface area (Å²) in [6, 6.07) is 8.56. The predicted octanol–water partition coefficient (Wildman–Crippen LogP) is 3.84. The number of hydrogen-bond acceptors (Lipinski definition) is 3. The third-order valence-corrected chi connectivity index (χ3v) is 5.31. The van der Waals surface area contributed by atoms with Crippen molar-refractivity contribution in [2.24, 2.45) is 4.99 Å². The molecule has 6 heteroatoms. The molecule has 1 atom stereocenters. The van der Waals surface area contributed by atoms with Gasteiger partial charge < -0.3 is 20.5 Å². The lowest BCUT2D eigenvalue weighted by atomic mass is 9.88. The zero-order valence-corrected chi connectivity index (χ0v) is 16.7. The van der Waals surface area contributed by atoms with Gasteiger partial charge in [0.25, 0.3) is 0 Å². The van der Waals surface area contributed by atoms with Crippen molar-refractivity contribution in [3.05, 3.63) is 58.4 Å². The number of aryl methyl sites for hydroxylation is 1. The van der Waals surface area contributed by atoms with Gasteiger partial charge in [0.1, 0.15) is 5.75 Å². The molecule has 3 N–H and O–H groups in total. The molecule has 1 aliphatic rings. The minimum atomic E-state index is -0.391. The zero-order chi connectivity index (χ0) is 20.1. The van der Waals surface area contributed by atoms with Crippen LogP contribution in [0.4, 0.5) is 4.39 Å². The molecule has 3 rings (SSSR count). The molecule has 150 valence electrons. The molecule has 2 aromatic rings. The van der Waals surface area contributed by atoms with Crippen LogP contribution in [0.1, 0.15) is 48.1 Å². The summed E-state index contributed by atoms with van der Waals surface area (Å²) >= 11 is 0. The lowest BCUT2D eigenvalue weighted by Crippen LogP contribution is -2.38. The van der Waals surface area contributed by atoms with Gasteiger partial charge in [0.05, 0.1) is 13.2 Å². The largest absolute Gasteiger partial charge is 0.508 e. The number of ether oxygens (including phenoxy) is 1. The number of nitrogens with one attached hydrogen (secondary N) is 2. The first-order valence-corrected chi connectivity index (χ1v) is 9.66. The van der Waals surface area contributed by atoms with E-state index < -0.39 is 5.82 Å². The monoisotopic (exact) mass is 385 g/mol. The van der Waals surface area contributed by atoms with E-state index in [4.69, 9.17) is 4.74 Å². The van der Waals surface area contributed by atoms with Gasteiger partial charge in [-0.2, -0.15) is 0 Å². The molecule has 1 unspecified atom stereocenters. The molecule has 28 heavy (non-hydrogen) atoms. The summed E-state index contributed by atoms with van der Waals surface area (Å²) in [5.41, 5.74) is 4.30. The Bertz CT molecular complexity index is 867. The summed E-state index contributed by atoms with van der Waals surface area (Å²) in [5, 5.41) is 16.9. The second-order valence-corrected chi connectivity index (χ2v) is 7.09. The van der Waals surface area contributed by atoms with Crippen molar-refractivity contribution >= 4 is 5.96 Å². The van der Waals surface area contributed by atoms with Crippen LogP contribution in [0, 0.1) is 5.82 Å². The quantitative estimate of drug-likeness (QED) is 0.540. The van der Waals surface area contributed by atoms with Gasteiger partial charge in [-0.3, -0.25) is 4.99 Å². The topological polar surface area (TPSA) is 65.9 Å². The second-order valence-electron chi connectivity index (χ2n) is 7.09. The number of benzene rings is 2. The van der Waals surface area contributed by atoms with Gasteiger partial charge >= 0.3 is 0 Å².